The van der Waals surface area contributed by atoms with Crippen molar-refractivity contribution in [3.05, 3.63) is 32.6 Å². The molecule has 0 aliphatic carbocycles. The summed E-state index contributed by atoms with van der Waals surface area (Å²) in [4.78, 5) is 10.9. The lowest BCUT2D eigenvalue weighted by atomic mass is 10.0. The first kappa shape index (κ1) is 12.4. The van der Waals surface area contributed by atoms with Crippen LogP contribution in [0.5, 0.6) is 0 Å². The third-order valence-corrected chi connectivity index (χ3v) is 2.64. The molecule has 82 valence electrons. The molecular formula is C9H5F4IO. The van der Waals surface area contributed by atoms with Gasteiger partial charge in [-0.2, -0.15) is 13.2 Å². The summed E-state index contributed by atoms with van der Waals surface area (Å²) in [5, 5.41) is 0. The highest BCUT2D eigenvalue weighted by molar-refractivity contribution is 14.1. The van der Waals surface area contributed by atoms with E-state index in [0.717, 1.165) is 19.1 Å². The maximum atomic E-state index is 13.1. The van der Waals surface area contributed by atoms with Crippen LogP contribution in [0, 0.1) is 9.39 Å². The molecule has 6 heteroatoms. The van der Waals surface area contributed by atoms with Crippen LogP contribution in [0.3, 0.4) is 0 Å². The number of Topliss-reactive ketones (excluding diaryl/α,β-unsaturated/α-hetero) is 1. The Balaban J connectivity index is 3.60. The van der Waals surface area contributed by atoms with Gasteiger partial charge >= 0.3 is 6.18 Å². The van der Waals surface area contributed by atoms with Gasteiger partial charge in [0.05, 0.1) is 11.1 Å². The van der Waals surface area contributed by atoms with E-state index in [0.29, 0.717) is 0 Å². The van der Waals surface area contributed by atoms with E-state index < -0.39 is 28.9 Å². The van der Waals surface area contributed by atoms with Crippen molar-refractivity contribution in [1.82, 2.24) is 0 Å². The minimum Gasteiger partial charge on any atom is -0.294 e. The number of halogens is 5. The second-order valence-corrected chi connectivity index (χ2v) is 4.00. The third kappa shape index (κ3) is 2.47. The maximum absolute atomic E-state index is 13.1. The number of carbonyl (C=O) groups excluding carboxylic acids is 1. The van der Waals surface area contributed by atoms with Gasteiger partial charge in [-0.1, -0.05) is 0 Å². The molecule has 0 saturated carbocycles. The van der Waals surface area contributed by atoms with E-state index in [1.165, 1.54) is 22.6 Å². The van der Waals surface area contributed by atoms with Gasteiger partial charge in [-0.3, -0.25) is 4.79 Å². The Morgan fingerprint density at radius 2 is 1.87 bits per heavy atom. The highest BCUT2D eigenvalue weighted by Crippen LogP contribution is 2.36. The number of alkyl halides is 3. The Bertz CT molecular complexity index is 411. The van der Waals surface area contributed by atoms with Gasteiger partial charge in [0.1, 0.15) is 5.82 Å². The van der Waals surface area contributed by atoms with Crippen molar-refractivity contribution in [2.45, 2.75) is 13.1 Å². The van der Waals surface area contributed by atoms with Crippen molar-refractivity contribution in [1.29, 1.82) is 0 Å². The number of carbonyl (C=O) groups is 1. The summed E-state index contributed by atoms with van der Waals surface area (Å²) in [6.45, 7) is 0.906. The van der Waals surface area contributed by atoms with Crippen LogP contribution >= 0.6 is 22.6 Å². The molecule has 0 heterocycles. The lowest BCUT2D eigenvalue weighted by Gasteiger charge is -2.13. The van der Waals surface area contributed by atoms with Crippen molar-refractivity contribution in [3.8, 4) is 0 Å². The number of hydrogen-bond acceptors (Lipinski definition) is 1. The molecule has 15 heavy (non-hydrogen) atoms. The molecule has 0 atom stereocenters. The lowest BCUT2D eigenvalue weighted by molar-refractivity contribution is -0.138. The average molecular weight is 332 g/mol. The molecule has 0 radical (unpaired) electrons. The van der Waals surface area contributed by atoms with Gasteiger partial charge in [0.25, 0.3) is 0 Å². The summed E-state index contributed by atoms with van der Waals surface area (Å²) in [7, 11) is 0. The highest BCUT2D eigenvalue weighted by Gasteiger charge is 2.38. The first-order valence-electron chi connectivity index (χ1n) is 3.81. The quantitative estimate of drug-likeness (QED) is 0.436. The van der Waals surface area contributed by atoms with E-state index in [1.807, 2.05) is 0 Å². The van der Waals surface area contributed by atoms with Crippen molar-refractivity contribution < 1.29 is 22.4 Å². The molecule has 0 bridgehead atoms. The smallest absolute Gasteiger partial charge is 0.294 e. The molecule has 0 unspecified atom stereocenters. The molecule has 0 saturated heterocycles. The molecule has 0 aromatic heterocycles. The van der Waals surface area contributed by atoms with Crippen LogP contribution in [-0.2, 0) is 6.18 Å². The number of rotatable bonds is 1. The van der Waals surface area contributed by atoms with Crippen LogP contribution in [0.4, 0.5) is 17.6 Å². The van der Waals surface area contributed by atoms with Crippen molar-refractivity contribution in [2.24, 2.45) is 0 Å². The third-order valence-electron chi connectivity index (χ3n) is 1.74. The number of ketones is 1. The predicted molar refractivity (Wildman–Crippen MR) is 54.1 cm³/mol. The monoisotopic (exact) mass is 332 g/mol. The first-order chi connectivity index (χ1) is 6.75. The van der Waals surface area contributed by atoms with E-state index in [1.54, 1.807) is 0 Å². The lowest BCUT2D eigenvalue weighted by Crippen LogP contribution is -2.15. The van der Waals surface area contributed by atoms with Gasteiger partial charge in [-0.15, -0.1) is 0 Å². The van der Waals surface area contributed by atoms with Crippen LogP contribution in [0.1, 0.15) is 22.8 Å². The summed E-state index contributed by atoms with van der Waals surface area (Å²) < 4.78 is 50.5. The second kappa shape index (κ2) is 4.07. The molecule has 1 aromatic rings. The minimum absolute atomic E-state index is 0.188. The van der Waals surface area contributed by atoms with Crippen molar-refractivity contribution in [2.75, 3.05) is 0 Å². The van der Waals surface area contributed by atoms with E-state index in [9.17, 15) is 22.4 Å². The fraction of sp³-hybridized carbons (Fsp3) is 0.222. The topological polar surface area (TPSA) is 17.1 Å². The van der Waals surface area contributed by atoms with Crippen LogP contribution < -0.4 is 0 Å². The molecule has 0 spiro atoms. The Hall–Kier alpha value is -0.660. The normalized spacial score (nSPS) is 11.6. The summed E-state index contributed by atoms with van der Waals surface area (Å²) >= 11 is 1.42. The standard InChI is InChI=1S/C9H5F4IO/c1-4(15)7-5(10)2-3-6(14)8(7)9(11,12)13/h2-3H,1H3. The van der Waals surface area contributed by atoms with Gasteiger partial charge in [0.2, 0.25) is 0 Å². The number of benzene rings is 1. The Labute approximate surface area is 96.6 Å². The van der Waals surface area contributed by atoms with Crippen LogP contribution in [0.25, 0.3) is 0 Å². The van der Waals surface area contributed by atoms with Gasteiger partial charge in [-0.05, 0) is 41.6 Å². The first-order valence-corrected chi connectivity index (χ1v) is 4.89. The number of hydrogen-bond donors (Lipinski definition) is 0. The Morgan fingerprint density at radius 3 is 2.20 bits per heavy atom. The SMILES string of the molecule is CC(=O)c1c(F)ccc(I)c1C(F)(F)F. The molecule has 1 nitrogen and oxygen atoms in total. The summed E-state index contributed by atoms with van der Waals surface area (Å²) in [5.74, 6) is -2.08. The Kier molecular flexibility index (Phi) is 3.37. The van der Waals surface area contributed by atoms with E-state index in [-0.39, 0.29) is 3.57 Å². The Morgan fingerprint density at radius 1 is 1.33 bits per heavy atom. The molecule has 1 aromatic carbocycles. The van der Waals surface area contributed by atoms with Gasteiger partial charge < -0.3 is 0 Å². The van der Waals surface area contributed by atoms with Crippen molar-refractivity contribution in [3.63, 3.8) is 0 Å². The van der Waals surface area contributed by atoms with Crippen LogP contribution in [0.15, 0.2) is 12.1 Å². The fourth-order valence-corrected chi connectivity index (χ4v) is 1.93. The zero-order valence-electron chi connectivity index (χ0n) is 7.45. The highest BCUT2D eigenvalue weighted by atomic mass is 127. The predicted octanol–water partition coefficient (Wildman–Crippen LogP) is 3.65. The summed E-state index contributed by atoms with van der Waals surface area (Å²) in [5.41, 5.74) is -2.09. The van der Waals surface area contributed by atoms with Crippen molar-refractivity contribution >= 4 is 28.4 Å². The van der Waals surface area contributed by atoms with Crippen LogP contribution in [-0.4, -0.2) is 5.78 Å². The minimum atomic E-state index is -4.72. The molecule has 0 amide bonds. The largest absolute Gasteiger partial charge is 0.418 e. The van der Waals surface area contributed by atoms with Gasteiger partial charge in [0.15, 0.2) is 5.78 Å². The van der Waals surface area contributed by atoms with E-state index in [2.05, 4.69) is 0 Å². The van der Waals surface area contributed by atoms with E-state index in [4.69, 9.17) is 0 Å². The molecule has 0 N–H and O–H groups in total. The fourth-order valence-electron chi connectivity index (χ4n) is 1.17. The average Bonchev–Trinajstić information content (AvgIpc) is 2.05. The maximum Gasteiger partial charge on any atom is 0.418 e. The van der Waals surface area contributed by atoms with Gasteiger partial charge in [-0.25, -0.2) is 4.39 Å². The molecular weight excluding hydrogens is 327 g/mol. The zero-order valence-corrected chi connectivity index (χ0v) is 9.61. The van der Waals surface area contributed by atoms with Gasteiger partial charge in [0, 0.05) is 3.57 Å². The molecule has 0 aliphatic heterocycles. The molecule has 0 aliphatic rings. The molecule has 1 rings (SSSR count). The summed E-state index contributed by atoms with van der Waals surface area (Å²) in [6, 6.07) is 1.85. The second-order valence-electron chi connectivity index (χ2n) is 2.83. The molecule has 0 fully saturated rings. The summed E-state index contributed by atoms with van der Waals surface area (Å²) in [6.07, 6.45) is -4.72. The zero-order chi connectivity index (χ0) is 11.8. The van der Waals surface area contributed by atoms with E-state index >= 15 is 0 Å². The van der Waals surface area contributed by atoms with Crippen LogP contribution in [0.2, 0.25) is 0 Å².